The van der Waals surface area contributed by atoms with Crippen LogP contribution in [0.5, 0.6) is 0 Å². The van der Waals surface area contributed by atoms with Crippen molar-refractivity contribution in [1.82, 2.24) is 4.90 Å². The molecule has 1 aliphatic rings. The van der Waals surface area contributed by atoms with Gasteiger partial charge in [-0.1, -0.05) is 26.8 Å². The Labute approximate surface area is 98.7 Å². The number of hydrogen-bond donors (Lipinski definition) is 1. The van der Waals surface area contributed by atoms with E-state index >= 15 is 0 Å². The number of piperidine rings is 1. The minimum atomic E-state index is -0.396. The van der Waals surface area contributed by atoms with Crippen LogP contribution in [0.1, 0.15) is 33.6 Å². The first kappa shape index (κ1) is 13.2. The van der Waals surface area contributed by atoms with Crippen molar-refractivity contribution in [3.63, 3.8) is 0 Å². The van der Waals surface area contributed by atoms with Gasteiger partial charge in [-0.15, -0.1) is 6.58 Å². The molecule has 1 aliphatic heterocycles. The van der Waals surface area contributed by atoms with E-state index in [0.717, 1.165) is 25.9 Å². The highest BCUT2D eigenvalue weighted by Crippen LogP contribution is 2.23. The minimum Gasteiger partial charge on any atom is -0.341 e. The first-order chi connectivity index (χ1) is 7.36. The first-order valence-electron chi connectivity index (χ1n) is 6.03. The molecule has 3 nitrogen and oxygen atoms in total. The monoisotopic (exact) mass is 224 g/mol. The van der Waals surface area contributed by atoms with Gasteiger partial charge >= 0.3 is 0 Å². The summed E-state index contributed by atoms with van der Waals surface area (Å²) >= 11 is 0. The Morgan fingerprint density at radius 2 is 1.94 bits per heavy atom. The fourth-order valence-electron chi connectivity index (χ4n) is 1.92. The second-order valence-electron chi connectivity index (χ2n) is 5.74. The smallest absolute Gasteiger partial charge is 0.240 e. The summed E-state index contributed by atoms with van der Waals surface area (Å²) in [6.45, 7) is 11.5. The normalized spacial score (nSPS) is 20.6. The molecule has 0 radical (unpaired) electrons. The van der Waals surface area contributed by atoms with E-state index in [9.17, 15) is 4.79 Å². The van der Waals surface area contributed by atoms with Crippen LogP contribution in [0, 0.1) is 11.3 Å². The summed E-state index contributed by atoms with van der Waals surface area (Å²) in [5.74, 6) is 0.657. The number of nitrogens with two attached hydrogens (primary N) is 1. The van der Waals surface area contributed by atoms with E-state index in [2.05, 4.69) is 6.58 Å². The van der Waals surface area contributed by atoms with Crippen LogP contribution < -0.4 is 5.73 Å². The number of likely N-dealkylation sites (tertiary alicyclic amines) is 1. The highest BCUT2D eigenvalue weighted by atomic mass is 16.2. The van der Waals surface area contributed by atoms with Crippen molar-refractivity contribution in [1.29, 1.82) is 0 Å². The van der Waals surface area contributed by atoms with Crippen molar-refractivity contribution in [2.75, 3.05) is 13.1 Å². The lowest BCUT2D eigenvalue weighted by molar-refractivity contribution is -0.136. The van der Waals surface area contributed by atoms with Gasteiger partial charge < -0.3 is 10.6 Å². The molecule has 0 saturated carbocycles. The Morgan fingerprint density at radius 3 is 2.31 bits per heavy atom. The first-order valence-corrected chi connectivity index (χ1v) is 6.03. The average molecular weight is 224 g/mol. The van der Waals surface area contributed by atoms with Gasteiger partial charge in [0.15, 0.2) is 0 Å². The fraction of sp³-hybridized carbons (Fsp3) is 0.769. The van der Waals surface area contributed by atoms with Crippen LogP contribution in [0.3, 0.4) is 0 Å². The molecule has 0 spiro atoms. The molecule has 0 unspecified atom stereocenters. The number of carbonyl (C=O) groups excluding carboxylic acids is 1. The predicted molar refractivity (Wildman–Crippen MR) is 66.9 cm³/mol. The Balaban J connectivity index is 2.54. The lowest BCUT2D eigenvalue weighted by Gasteiger charge is -2.35. The van der Waals surface area contributed by atoms with Gasteiger partial charge in [0.2, 0.25) is 5.91 Å². The maximum atomic E-state index is 12.1. The maximum Gasteiger partial charge on any atom is 0.240 e. The third-order valence-electron chi connectivity index (χ3n) is 3.38. The number of nitrogens with zero attached hydrogens (tertiary/aromatic N) is 1. The van der Waals surface area contributed by atoms with Crippen LogP contribution in [-0.4, -0.2) is 29.9 Å². The van der Waals surface area contributed by atoms with Gasteiger partial charge in [0.1, 0.15) is 0 Å². The molecular weight excluding hydrogens is 200 g/mol. The van der Waals surface area contributed by atoms with E-state index in [-0.39, 0.29) is 11.3 Å². The summed E-state index contributed by atoms with van der Waals surface area (Å²) in [6.07, 6.45) is 4.03. The Hall–Kier alpha value is -0.830. The Bertz CT molecular complexity index is 260. The Kier molecular flexibility index (Phi) is 4.14. The van der Waals surface area contributed by atoms with Gasteiger partial charge in [-0.25, -0.2) is 0 Å². The summed E-state index contributed by atoms with van der Waals surface area (Å²) in [4.78, 5) is 14.0. The van der Waals surface area contributed by atoms with Crippen LogP contribution in [0.25, 0.3) is 0 Å². The molecular formula is C13H24N2O. The maximum absolute atomic E-state index is 12.1. The zero-order valence-corrected chi connectivity index (χ0v) is 10.7. The summed E-state index contributed by atoms with van der Waals surface area (Å²) in [7, 11) is 0. The zero-order valence-electron chi connectivity index (χ0n) is 10.7. The summed E-state index contributed by atoms with van der Waals surface area (Å²) in [6, 6.07) is -0.396. The third-order valence-corrected chi connectivity index (χ3v) is 3.38. The molecule has 1 atom stereocenters. The van der Waals surface area contributed by atoms with E-state index in [0.29, 0.717) is 5.92 Å². The van der Waals surface area contributed by atoms with Gasteiger partial charge in [0.25, 0.3) is 0 Å². The van der Waals surface area contributed by atoms with Gasteiger partial charge in [0.05, 0.1) is 6.04 Å². The highest BCUT2D eigenvalue weighted by Gasteiger charge is 2.32. The molecule has 92 valence electrons. The molecule has 0 aliphatic carbocycles. The van der Waals surface area contributed by atoms with Crippen LogP contribution in [0.4, 0.5) is 0 Å². The SMILES string of the molecule is C=CC1CCN(C(=O)[C@@H](N)C(C)(C)C)CC1. The van der Waals surface area contributed by atoms with Gasteiger partial charge in [-0.3, -0.25) is 4.79 Å². The molecule has 0 bridgehead atoms. The summed E-state index contributed by atoms with van der Waals surface area (Å²) in [5, 5.41) is 0. The molecule has 0 aromatic carbocycles. The molecule has 1 saturated heterocycles. The number of allylic oxidation sites excluding steroid dienone is 1. The van der Waals surface area contributed by atoms with E-state index in [1.54, 1.807) is 0 Å². The number of rotatable bonds is 2. The Morgan fingerprint density at radius 1 is 1.44 bits per heavy atom. The van der Waals surface area contributed by atoms with Gasteiger partial charge in [-0.05, 0) is 24.2 Å². The van der Waals surface area contributed by atoms with E-state index < -0.39 is 6.04 Å². The molecule has 1 fully saturated rings. The lowest BCUT2D eigenvalue weighted by atomic mass is 9.86. The van der Waals surface area contributed by atoms with E-state index in [1.165, 1.54) is 0 Å². The van der Waals surface area contributed by atoms with Crippen molar-refractivity contribution in [3.05, 3.63) is 12.7 Å². The molecule has 1 heterocycles. The zero-order chi connectivity index (χ0) is 12.3. The van der Waals surface area contributed by atoms with Crippen LogP contribution in [0.15, 0.2) is 12.7 Å². The number of amides is 1. The van der Waals surface area contributed by atoms with Crippen LogP contribution in [-0.2, 0) is 4.79 Å². The van der Waals surface area contributed by atoms with Crippen molar-refractivity contribution < 1.29 is 4.79 Å². The quantitative estimate of drug-likeness (QED) is 0.727. The summed E-state index contributed by atoms with van der Waals surface area (Å²) < 4.78 is 0. The topological polar surface area (TPSA) is 46.3 Å². The van der Waals surface area contributed by atoms with Gasteiger partial charge in [-0.2, -0.15) is 0 Å². The molecule has 0 aromatic heterocycles. The number of carbonyl (C=O) groups is 1. The van der Waals surface area contributed by atoms with E-state index in [4.69, 9.17) is 5.73 Å². The van der Waals surface area contributed by atoms with Crippen molar-refractivity contribution in [2.24, 2.45) is 17.1 Å². The minimum absolute atomic E-state index is 0.0926. The largest absolute Gasteiger partial charge is 0.341 e. The molecule has 16 heavy (non-hydrogen) atoms. The highest BCUT2D eigenvalue weighted by molar-refractivity contribution is 5.82. The third kappa shape index (κ3) is 3.08. The fourth-order valence-corrected chi connectivity index (χ4v) is 1.92. The van der Waals surface area contributed by atoms with E-state index in [1.807, 2.05) is 31.7 Å². The molecule has 1 rings (SSSR count). The molecule has 2 N–H and O–H groups in total. The predicted octanol–water partition coefficient (Wildman–Crippen LogP) is 1.78. The van der Waals surface area contributed by atoms with Crippen molar-refractivity contribution >= 4 is 5.91 Å². The van der Waals surface area contributed by atoms with Gasteiger partial charge in [0, 0.05) is 13.1 Å². The molecule has 0 aromatic rings. The van der Waals surface area contributed by atoms with Crippen molar-refractivity contribution in [2.45, 2.75) is 39.7 Å². The standard InChI is InChI=1S/C13H24N2O/c1-5-10-6-8-15(9-7-10)12(16)11(14)13(2,3)4/h5,10-11H,1,6-9,14H2,2-4H3/t11-/m1/s1. The number of hydrogen-bond acceptors (Lipinski definition) is 2. The average Bonchev–Trinajstić information content (AvgIpc) is 2.26. The summed E-state index contributed by atoms with van der Waals surface area (Å²) in [5.41, 5.74) is 5.82. The van der Waals surface area contributed by atoms with Crippen LogP contribution >= 0.6 is 0 Å². The van der Waals surface area contributed by atoms with Crippen LogP contribution in [0.2, 0.25) is 0 Å². The lowest BCUT2D eigenvalue weighted by Crippen LogP contribution is -2.52. The molecule has 1 amide bonds. The van der Waals surface area contributed by atoms with Crippen molar-refractivity contribution in [3.8, 4) is 0 Å². The molecule has 3 heteroatoms. The second kappa shape index (κ2) is 5.00. The second-order valence-corrected chi connectivity index (χ2v) is 5.74.